The molecule has 0 fully saturated rings. The van der Waals surface area contributed by atoms with Crippen LogP contribution >= 0.6 is 0 Å². The van der Waals surface area contributed by atoms with E-state index in [1.54, 1.807) is 0 Å². The predicted molar refractivity (Wildman–Crippen MR) is 64.1 cm³/mol. The summed E-state index contributed by atoms with van der Waals surface area (Å²) in [5.74, 6) is 0. The first-order valence-corrected chi connectivity index (χ1v) is 5.31. The van der Waals surface area contributed by atoms with E-state index in [0.29, 0.717) is 0 Å². The van der Waals surface area contributed by atoms with Crippen LogP contribution in [0.2, 0.25) is 0 Å². The molecule has 1 heterocycles. The van der Waals surface area contributed by atoms with E-state index >= 15 is 0 Å². The Morgan fingerprint density at radius 1 is 1.20 bits per heavy atom. The molecule has 0 spiro atoms. The summed E-state index contributed by atoms with van der Waals surface area (Å²) < 4.78 is 0. The Kier molecular flexibility index (Phi) is 2.97. The molecule has 2 aromatic rings. The highest BCUT2D eigenvalue weighted by Crippen LogP contribution is 2.17. The zero-order valence-electron chi connectivity index (χ0n) is 9.25. The van der Waals surface area contributed by atoms with Crippen molar-refractivity contribution >= 4 is 10.9 Å². The van der Waals surface area contributed by atoms with Crippen molar-refractivity contribution in [2.45, 2.75) is 13.3 Å². The molecule has 15 heavy (non-hydrogen) atoms. The van der Waals surface area contributed by atoms with Crippen LogP contribution in [0.15, 0.2) is 30.3 Å². The Labute approximate surface area is 90.3 Å². The lowest BCUT2D eigenvalue weighted by atomic mass is 10.1. The molecule has 2 nitrogen and oxygen atoms in total. The van der Waals surface area contributed by atoms with Gasteiger partial charge in [-0.3, -0.25) is 4.98 Å². The molecule has 0 atom stereocenters. The molecule has 1 aromatic carbocycles. The van der Waals surface area contributed by atoms with E-state index in [0.717, 1.165) is 24.2 Å². The van der Waals surface area contributed by atoms with Crippen molar-refractivity contribution in [1.29, 1.82) is 0 Å². The predicted octanol–water partition coefficient (Wildman–Crippen LogP) is 2.31. The zero-order chi connectivity index (χ0) is 10.7. The molecule has 0 aliphatic rings. The van der Waals surface area contributed by atoms with Crippen LogP contribution in [0.5, 0.6) is 0 Å². The standard InChI is InChI=1S/C13H16N2/c1-10-6-7-11-4-3-5-12(8-9-14-2)13(11)15-10/h3-7,14H,8-9H2,1-2H3. The molecule has 2 rings (SSSR count). The van der Waals surface area contributed by atoms with Crippen molar-refractivity contribution < 1.29 is 0 Å². The number of hydrogen-bond acceptors (Lipinski definition) is 2. The van der Waals surface area contributed by atoms with E-state index in [9.17, 15) is 0 Å². The largest absolute Gasteiger partial charge is 0.319 e. The maximum Gasteiger partial charge on any atom is 0.0737 e. The molecule has 0 aliphatic heterocycles. The van der Waals surface area contributed by atoms with Crippen LogP contribution in [0.1, 0.15) is 11.3 Å². The maximum atomic E-state index is 4.60. The minimum Gasteiger partial charge on any atom is -0.319 e. The van der Waals surface area contributed by atoms with Gasteiger partial charge in [0.1, 0.15) is 0 Å². The van der Waals surface area contributed by atoms with Crippen LogP contribution in [-0.4, -0.2) is 18.6 Å². The molecule has 0 amide bonds. The van der Waals surface area contributed by atoms with Gasteiger partial charge in [-0.2, -0.15) is 0 Å². The molecular weight excluding hydrogens is 184 g/mol. The number of para-hydroxylation sites is 1. The van der Waals surface area contributed by atoms with Gasteiger partial charge in [-0.1, -0.05) is 24.3 Å². The molecule has 0 saturated carbocycles. The third-order valence-corrected chi connectivity index (χ3v) is 2.59. The van der Waals surface area contributed by atoms with Gasteiger partial charge in [0, 0.05) is 11.1 Å². The van der Waals surface area contributed by atoms with E-state index in [2.05, 4.69) is 40.6 Å². The SMILES string of the molecule is CNCCc1cccc2ccc(C)nc12. The van der Waals surface area contributed by atoms with Gasteiger partial charge in [0.05, 0.1) is 5.52 Å². The van der Waals surface area contributed by atoms with Crippen molar-refractivity contribution in [2.75, 3.05) is 13.6 Å². The van der Waals surface area contributed by atoms with Crippen molar-refractivity contribution in [3.8, 4) is 0 Å². The highest BCUT2D eigenvalue weighted by molar-refractivity contribution is 5.81. The fraction of sp³-hybridized carbons (Fsp3) is 0.308. The minimum atomic E-state index is 0.995. The number of nitrogens with one attached hydrogen (secondary N) is 1. The summed E-state index contributed by atoms with van der Waals surface area (Å²) in [5, 5.41) is 4.40. The van der Waals surface area contributed by atoms with Gasteiger partial charge in [0.25, 0.3) is 0 Å². The third-order valence-electron chi connectivity index (χ3n) is 2.59. The summed E-state index contributed by atoms with van der Waals surface area (Å²) in [4.78, 5) is 4.60. The summed E-state index contributed by atoms with van der Waals surface area (Å²) in [5.41, 5.74) is 3.55. The molecule has 0 saturated heterocycles. The monoisotopic (exact) mass is 200 g/mol. The van der Waals surface area contributed by atoms with Gasteiger partial charge in [0.2, 0.25) is 0 Å². The second kappa shape index (κ2) is 4.41. The molecule has 0 aliphatic carbocycles. The molecular formula is C13H16N2. The van der Waals surface area contributed by atoms with Crippen LogP contribution in [0.3, 0.4) is 0 Å². The van der Waals surface area contributed by atoms with Crippen LogP contribution in [0.25, 0.3) is 10.9 Å². The van der Waals surface area contributed by atoms with Gasteiger partial charge < -0.3 is 5.32 Å². The molecule has 0 unspecified atom stereocenters. The van der Waals surface area contributed by atoms with Crippen LogP contribution in [0.4, 0.5) is 0 Å². The molecule has 0 radical (unpaired) electrons. The molecule has 0 bridgehead atoms. The van der Waals surface area contributed by atoms with E-state index in [-0.39, 0.29) is 0 Å². The highest BCUT2D eigenvalue weighted by Gasteiger charge is 2.01. The summed E-state index contributed by atoms with van der Waals surface area (Å²) in [6, 6.07) is 10.6. The maximum absolute atomic E-state index is 4.60. The van der Waals surface area contributed by atoms with Gasteiger partial charge in [-0.25, -0.2) is 0 Å². The van der Waals surface area contributed by atoms with Gasteiger partial charge in [-0.05, 0) is 38.6 Å². The fourth-order valence-electron chi connectivity index (χ4n) is 1.77. The topological polar surface area (TPSA) is 24.9 Å². The number of hydrogen-bond donors (Lipinski definition) is 1. The Morgan fingerprint density at radius 3 is 2.87 bits per heavy atom. The van der Waals surface area contributed by atoms with Crippen LogP contribution in [-0.2, 0) is 6.42 Å². The Hall–Kier alpha value is -1.41. The lowest BCUT2D eigenvalue weighted by Crippen LogP contribution is -2.10. The number of benzene rings is 1. The summed E-state index contributed by atoms with van der Waals surface area (Å²) >= 11 is 0. The first-order chi connectivity index (χ1) is 7.31. The van der Waals surface area contributed by atoms with E-state index in [4.69, 9.17) is 0 Å². The Balaban J connectivity index is 2.48. The lowest BCUT2D eigenvalue weighted by Gasteiger charge is -2.06. The third kappa shape index (κ3) is 2.16. The van der Waals surface area contributed by atoms with Gasteiger partial charge in [-0.15, -0.1) is 0 Å². The zero-order valence-corrected chi connectivity index (χ0v) is 9.25. The fourth-order valence-corrected chi connectivity index (χ4v) is 1.77. The molecule has 1 N–H and O–H groups in total. The molecule has 78 valence electrons. The van der Waals surface area contributed by atoms with Gasteiger partial charge in [0.15, 0.2) is 0 Å². The van der Waals surface area contributed by atoms with E-state index in [1.165, 1.54) is 10.9 Å². The van der Waals surface area contributed by atoms with Crippen molar-refractivity contribution in [3.05, 3.63) is 41.6 Å². The van der Waals surface area contributed by atoms with E-state index < -0.39 is 0 Å². The van der Waals surface area contributed by atoms with Crippen LogP contribution in [0, 0.1) is 6.92 Å². The average Bonchev–Trinajstić information content (AvgIpc) is 2.26. The molecule has 1 aromatic heterocycles. The number of pyridine rings is 1. The van der Waals surface area contributed by atoms with E-state index in [1.807, 2.05) is 14.0 Å². The second-order valence-electron chi connectivity index (χ2n) is 3.80. The number of nitrogens with zero attached hydrogens (tertiary/aromatic N) is 1. The van der Waals surface area contributed by atoms with Crippen LogP contribution < -0.4 is 5.32 Å². The summed E-state index contributed by atoms with van der Waals surface area (Å²) in [6.07, 6.45) is 1.03. The highest BCUT2D eigenvalue weighted by atomic mass is 14.8. The van der Waals surface area contributed by atoms with Gasteiger partial charge >= 0.3 is 0 Å². The number of aromatic nitrogens is 1. The lowest BCUT2D eigenvalue weighted by molar-refractivity contribution is 0.794. The first kappa shape index (κ1) is 10.1. The number of likely N-dealkylation sites (N-methyl/N-ethyl adjacent to an activating group) is 1. The number of fused-ring (bicyclic) bond motifs is 1. The summed E-state index contributed by atoms with van der Waals surface area (Å²) in [7, 11) is 1.98. The number of aryl methyl sites for hydroxylation is 1. The second-order valence-corrected chi connectivity index (χ2v) is 3.80. The Bertz CT molecular complexity index is 463. The van der Waals surface area contributed by atoms with Crippen molar-refractivity contribution in [3.63, 3.8) is 0 Å². The van der Waals surface area contributed by atoms with Crippen molar-refractivity contribution in [2.24, 2.45) is 0 Å². The average molecular weight is 200 g/mol. The smallest absolute Gasteiger partial charge is 0.0737 e. The first-order valence-electron chi connectivity index (χ1n) is 5.31. The quantitative estimate of drug-likeness (QED) is 0.822. The number of rotatable bonds is 3. The summed E-state index contributed by atoms with van der Waals surface area (Å²) in [6.45, 7) is 3.03. The minimum absolute atomic E-state index is 0.995. The normalized spacial score (nSPS) is 10.8. The Morgan fingerprint density at radius 2 is 2.07 bits per heavy atom. The molecule has 2 heteroatoms. The van der Waals surface area contributed by atoms with Crippen molar-refractivity contribution in [1.82, 2.24) is 10.3 Å².